The van der Waals surface area contributed by atoms with Gasteiger partial charge in [-0.25, -0.2) is 12.8 Å². The first kappa shape index (κ1) is 22.6. The average molecular weight is 487 g/mol. The van der Waals surface area contributed by atoms with Crippen molar-refractivity contribution in [2.24, 2.45) is 0 Å². The maximum Gasteiger partial charge on any atom is 0.265 e. The minimum atomic E-state index is -4.31. The van der Waals surface area contributed by atoms with Gasteiger partial charge in [-0.05, 0) is 60.8 Å². The molecule has 1 atom stereocenters. The molecule has 1 amide bonds. The molecule has 0 radical (unpaired) electrons. The number of hydrogen-bond donors (Lipinski definition) is 1. The lowest BCUT2D eigenvalue weighted by molar-refractivity contribution is -0.121. The predicted molar refractivity (Wildman–Crippen MR) is 118 cm³/mol. The Morgan fingerprint density at radius 1 is 1.13 bits per heavy atom. The third-order valence-electron chi connectivity index (χ3n) is 4.26. The number of rotatable bonds is 7. The maximum absolute atomic E-state index is 14.6. The molecule has 1 N–H and O–H groups in total. The standard InChI is InChI=1S/C20H17Cl2FN2O3S2/c1-13(20(26)24-12-16-3-2-10-29-16)25(19-11-15(22)6-9-18(19)23)30(27,28)17-7-4-14(21)5-8-17/h2-11,13H,12H2,1H3,(H,24,26)/t13-/m1/s1. The molecular formula is C20H17Cl2FN2O3S2. The van der Waals surface area contributed by atoms with E-state index in [-0.39, 0.29) is 22.2 Å². The predicted octanol–water partition coefficient (Wildman–Crippen LogP) is 5.09. The number of carbonyl (C=O) groups is 1. The summed E-state index contributed by atoms with van der Waals surface area (Å²) >= 11 is 13.3. The van der Waals surface area contributed by atoms with Gasteiger partial charge in [0.15, 0.2) is 0 Å². The van der Waals surface area contributed by atoms with E-state index < -0.39 is 27.8 Å². The van der Waals surface area contributed by atoms with Crippen molar-refractivity contribution in [3.63, 3.8) is 0 Å². The minimum absolute atomic E-state index is 0.133. The summed E-state index contributed by atoms with van der Waals surface area (Å²) in [5.74, 6) is -1.41. The van der Waals surface area contributed by atoms with Crippen molar-refractivity contribution >= 4 is 56.2 Å². The van der Waals surface area contributed by atoms with Crippen LogP contribution in [0.3, 0.4) is 0 Å². The van der Waals surface area contributed by atoms with E-state index >= 15 is 0 Å². The zero-order valence-electron chi connectivity index (χ0n) is 15.7. The Hall–Kier alpha value is -2.13. The second-order valence-electron chi connectivity index (χ2n) is 6.32. The van der Waals surface area contributed by atoms with Gasteiger partial charge in [-0.3, -0.25) is 9.10 Å². The van der Waals surface area contributed by atoms with Crippen molar-refractivity contribution in [1.82, 2.24) is 5.32 Å². The van der Waals surface area contributed by atoms with Crippen molar-refractivity contribution in [3.05, 3.63) is 80.7 Å². The van der Waals surface area contributed by atoms with Crippen molar-refractivity contribution in [2.75, 3.05) is 4.31 Å². The van der Waals surface area contributed by atoms with Crippen LogP contribution in [0.2, 0.25) is 10.0 Å². The van der Waals surface area contributed by atoms with E-state index in [1.165, 1.54) is 54.7 Å². The third-order valence-corrected chi connectivity index (χ3v) is 7.53. The second kappa shape index (κ2) is 9.34. The highest BCUT2D eigenvalue weighted by molar-refractivity contribution is 7.93. The zero-order valence-corrected chi connectivity index (χ0v) is 18.8. The second-order valence-corrected chi connectivity index (χ2v) is 10.0. The summed E-state index contributed by atoms with van der Waals surface area (Å²) in [5.41, 5.74) is -0.323. The molecule has 3 rings (SSSR count). The maximum atomic E-state index is 14.6. The quantitative estimate of drug-likeness (QED) is 0.505. The molecule has 0 unspecified atom stereocenters. The van der Waals surface area contributed by atoms with Gasteiger partial charge >= 0.3 is 0 Å². The van der Waals surface area contributed by atoms with Gasteiger partial charge in [0.25, 0.3) is 10.0 Å². The topological polar surface area (TPSA) is 66.5 Å². The summed E-state index contributed by atoms with van der Waals surface area (Å²) in [5, 5.41) is 5.03. The number of thiophene rings is 1. The van der Waals surface area contributed by atoms with Crippen LogP contribution >= 0.6 is 34.5 Å². The van der Waals surface area contributed by atoms with Crippen LogP contribution in [0.25, 0.3) is 0 Å². The molecule has 10 heteroatoms. The number of nitrogens with one attached hydrogen (secondary N) is 1. The molecule has 0 aliphatic carbocycles. The minimum Gasteiger partial charge on any atom is -0.349 e. The highest BCUT2D eigenvalue weighted by atomic mass is 35.5. The van der Waals surface area contributed by atoms with Gasteiger partial charge in [-0.1, -0.05) is 29.3 Å². The molecule has 0 aliphatic rings. The lowest BCUT2D eigenvalue weighted by atomic mass is 10.2. The third kappa shape index (κ3) is 4.95. The Balaban J connectivity index is 2.01. The van der Waals surface area contributed by atoms with Crippen molar-refractivity contribution in [1.29, 1.82) is 0 Å². The molecule has 0 saturated carbocycles. The number of hydrogen-bond acceptors (Lipinski definition) is 4. The van der Waals surface area contributed by atoms with Crippen molar-refractivity contribution in [3.8, 4) is 0 Å². The number of sulfonamides is 1. The number of benzene rings is 2. The fraction of sp³-hybridized carbons (Fsp3) is 0.150. The first-order valence-corrected chi connectivity index (χ1v) is 11.8. The molecule has 2 aromatic carbocycles. The normalized spacial score (nSPS) is 12.4. The number of anilines is 1. The molecule has 1 aromatic heterocycles. The van der Waals surface area contributed by atoms with E-state index in [9.17, 15) is 17.6 Å². The molecule has 0 fully saturated rings. The molecule has 1 heterocycles. The van der Waals surface area contributed by atoms with Gasteiger partial charge in [0.2, 0.25) is 5.91 Å². The van der Waals surface area contributed by atoms with Crippen LogP contribution in [-0.2, 0) is 21.4 Å². The molecular weight excluding hydrogens is 470 g/mol. The lowest BCUT2D eigenvalue weighted by Gasteiger charge is -2.30. The van der Waals surface area contributed by atoms with Gasteiger partial charge in [0.05, 0.1) is 17.1 Å². The molecule has 3 aromatic rings. The van der Waals surface area contributed by atoms with E-state index in [1.54, 1.807) is 0 Å². The van der Waals surface area contributed by atoms with Crippen LogP contribution in [-0.4, -0.2) is 20.4 Å². The number of nitrogens with zero attached hydrogens (tertiary/aromatic N) is 1. The van der Waals surface area contributed by atoms with Crippen LogP contribution in [0.15, 0.2) is 64.9 Å². The number of halogens is 3. The first-order valence-electron chi connectivity index (χ1n) is 8.75. The smallest absolute Gasteiger partial charge is 0.265 e. The van der Waals surface area contributed by atoms with E-state index in [4.69, 9.17) is 23.2 Å². The molecule has 5 nitrogen and oxygen atoms in total. The Morgan fingerprint density at radius 2 is 1.80 bits per heavy atom. The van der Waals surface area contributed by atoms with Crippen LogP contribution in [0.5, 0.6) is 0 Å². The van der Waals surface area contributed by atoms with Crippen LogP contribution in [0, 0.1) is 5.82 Å². The Bertz CT molecular complexity index is 1140. The largest absolute Gasteiger partial charge is 0.349 e. The van der Waals surface area contributed by atoms with Crippen molar-refractivity contribution < 1.29 is 17.6 Å². The van der Waals surface area contributed by atoms with Gasteiger partial charge in [-0.15, -0.1) is 11.3 Å². The SMILES string of the molecule is C[C@H](C(=O)NCc1cccs1)N(c1cc(Cl)ccc1F)S(=O)(=O)c1ccc(Cl)cc1. The van der Waals surface area contributed by atoms with Gasteiger partial charge < -0.3 is 5.32 Å². The molecule has 30 heavy (non-hydrogen) atoms. The van der Waals surface area contributed by atoms with Crippen LogP contribution in [0.1, 0.15) is 11.8 Å². The summed E-state index contributed by atoms with van der Waals surface area (Å²) < 4.78 is 42.1. The van der Waals surface area contributed by atoms with Gasteiger partial charge in [0.1, 0.15) is 11.9 Å². The van der Waals surface area contributed by atoms with Gasteiger partial charge in [0, 0.05) is 14.9 Å². The molecule has 0 bridgehead atoms. The number of amides is 1. The van der Waals surface area contributed by atoms with E-state index in [0.717, 1.165) is 15.2 Å². The molecule has 0 saturated heterocycles. The Morgan fingerprint density at radius 3 is 2.43 bits per heavy atom. The highest BCUT2D eigenvalue weighted by Gasteiger charge is 2.35. The molecule has 0 spiro atoms. The Kier molecular flexibility index (Phi) is 7.02. The van der Waals surface area contributed by atoms with Crippen LogP contribution < -0.4 is 9.62 Å². The fourth-order valence-corrected chi connectivity index (χ4v) is 5.32. The molecule has 0 aliphatic heterocycles. The average Bonchev–Trinajstić information content (AvgIpc) is 3.22. The summed E-state index contributed by atoms with van der Waals surface area (Å²) in [7, 11) is -4.31. The van der Waals surface area contributed by atoms with Crippen molar-refractivity contribution in [2.45, 2.75) is 24.4 Å². The fourth-order valence-electron chi connectivity index (χ4n) is 2.76. The first-order chi connectivity index (χ1) is 14.2. The zero-order chi connectivity index (χ0) is 21.9. The Labute approximate surface area is 188 Å². The monoisotopic (exact) mass is 486 g/mol. The van der Waals surface area contributed by atoms with E-state index in [0.29, 0.717) is 5.02 Å². The molecule has 158 valence electrons. The summed E-state index contributed by atoms with van der Waals surface area (Å²) in [4.78, 5) is 13.6. The van der Waals surface area contributed by atoms with Crippen LogP contribution in [0.4, 0.5) is 10.1 Å². The van der Waals surface area contributed by atoms with Gasteiger partial charge in [-0.2, -0.15) is 0 Å². The van der Waals surface area contributed by atoms with E-state index in [1.807, 2.05) is 17.5 Å². The summed E-state index contributed by atoms with van der Waals surface area (Å²) in [6.45, 7) is 1.62. The summed E-state index contributed by atoms with van der Waals surface area (Å²) in [6, 6.07) is 11.4. The lowest BCUT2D eigenvalue weighted by Crippen LogP contribution is -2.48. The summed E-state index contributed by atoms with van der Waals surface area (Å²) in [6.07, 6.45) is 0. The van der Waals surface area contributed by atoms with E-state index in [2.05, 4.69) is 5.32 Å². The number of carbonyl (C=O) groups excluding carboxylic acids is 1. The highest BCUT2D eigenvalue weighted by Crippen LogP contribution is 2.31.